The predicted molar refractivity (Wildman–Crippen MR) is 122 cm³/mol. The number of para-hydroxylation sites is 1. The summed E-state index contributed by atoms with van der Waals surface area (Å²) in [6.07, 6.45) is 0.751. The van der Waals surface area contributed by atoms with Gasteiger partial charge < -0.3 is 5.32 Å². The van der Waals surface area contributed by atoms with Crippen molar-refractivity contribution in [2.45, 2.75) is 25.2 Å². The van der Waals surface area contributed by atoms with Crippen molar-refractivity contribution in [2.24, 2.45) is 0 Å². The quantitative estimate of drug-likeness (QED) is 0.557. The molecule has 3 aromatic carbocycles. The van der Waals surface area contributed by atoms with E-state index >= 15 is 0 Å². The topological polar surface area (TPSA) is 66.5 Å². The normalized spacial score (nSPS) is 11.2. The summed E-state index contributed by atoms with van der Waals surface area (Å²) in [4.78, 5) is 12.9. The zero-order valence-corrected chi connectivity index (χ0v) is 18.4. The van der Waals surface area contributed by atoms with Gasteiger partial charge in [0.05, 0.1) is 10.6 Å². The maximum Gasteiger partial charge on any atom is 0.264 e. The smallest absolute Gasteiger partial charge is 0.264 e. The molecule has 30 heavy (non-hydrogen) atoms. The summed E-state index contributed by atoms with van der Waals surface area (Å²) < 4.78 is 27.8. The van der Waals surface area contributed by atoms with E-state index in [0.717, 1.165) is 21.9 Å². The van der Waals surface area contributed by atoms with Crippen molar-refractivity contribution in [1.29, 1.82) is 0 Å². The largest absolute Gasteiger partial charge is 0.324 e. The van der Waals surface area contributed by atoms with Crippen LogP contribution in [0.2, 0.25) is 5.02 Å². The molecule has 0 saturated heterocycles. The van der Waals surface area contributed by atoms with E-state index in [4.69, 9.17) is 11.6 Å². The number of halogens is 1. The van der Waals surface area contributed by atoms with Gasteiger partial charge in [0, 0.05) is 10.7 Å². The Morgan fingerprint density at radius 3 is 2.23 bits per heavy atom. The van der Waals surface area contributed by atoms with Gasteiger partial charge in [0.1, 0.15) is 6.54 Å². The van der Waals surface area contributed by atoms with Crippen LogP contribution in [-0.4, -0.2) is 20.9 Å². The Morgan fingerprint density at radius 1 is 0.967 bits per heavy atom. The first kappa shape index (κ1) is 21.9. The van der Waals surface area contributed by atoms with Crippen LogP contribution >= 0.6 is 11.6 Å². The maximum absolute atomic E-state index is 13.3. The lowest BCUT2D eigenvalue weighted by atomic mass is 10.1. The number of amides is 1. The summed E-state index contributed by atoms with van der Waals surface area (Å²) in [5.41, 5.74) is 3.06. The molecule has 0 fully saturated rings. The van der Waals surface area contributed by atoms with E-state index in [1.165, 1.54) is 24.3 Å². The van der Waals surface area contributed by atoms with Crippen LogP contribution in [0.4, 0.5) is 11.4 Å². The molecular formula is C23H23ClN2O3S. The van der Waals surface area contributed by atoms with Crippen molar-refractivity contribution in [1.82, 2.24) is 0 Å². The highest BCUT2D eigenvalue weighted by molar-refractivity contribution is 7.92. The van der Waals surface area contributed by atoms with E-state index in [1.54, 1.807) is 18.2 Å². The Morgan fingerprint density at radius 2 is 1.60 bits per heavy atom. The van der Waals surface area contributed by atoms with E-state index in [9.17, 15) is 13.2 Å². The molecule has 0 heterocycles. The lowest BCUT2D eigenvalue weighted by Crippen LogP contribution is -2.38. The Balaban J connectivity index is 1.94. The van der Waals surface area contributed by atoms with Gasteiger partial charge in [0.25, 0.3) is 10.0 Å². The number of rotatable bonds is 7. The van der Waals surface area contributed by atoms with E-state index in [2.05, 4.69) is 5.32 Å². The van der Waals surface area contributed by atoms with E-state index < -0.39 is 15.9 Å². The third-order valence-corrected chi connectivity index (χ3v) is 6.72. The predicted octanol–water partition coefficient (Wildman–Crippen LogP) is 5.04. The van der Waals surface area contributed by atoms with Crippen molar-refractivity contribution in [3.8, 4) is 0 Å². The van der Waals surface area contributed by atoms with E-state index in [-0.39, 0.29) is 11.4 Å². The molecule has 0 saturated carbocycles. The van der Waals surface area contributed by atoms with Crippen molar-refractivity contribution in [3.63, 3.8) is 0 Å². The number of hydrogen-bond donors (Lipinski definition) is 1. The molecule has 0 aliphatic carbocycles. The van der Waals surface area contributed by atoms with Crippen LogP contribution in [0.25, 0.3) is 0 Å². The Kier molecular flexibility index (Phi) is 6.80. The molecular weight excluding hydrogens is 420 g/mol. The first-order valence-corrected chi connectivity index (χ1v) is 11.4. The number of hydrogen-bond acceptors (Lipinski definition) is 3. The number of benzene rings is 3. The SMILES string of the molecule is CCc1ccccc1NC(=O)CN(c1ccc(C)cc1)S(=O)(=O)c1ccc(Cl)cc1. The van der Waals surface area contributed by atoms with Crippen LogP contribution in [0.15, 0.2) is 77.7 Å². The lowest BCUT2D eigenvalue weighted by Gasteiger charge is -2.24. The Hall–Kier alpha value is -2.83. The second kappa shape index (κ2) is 9.32. The lowest BCUT2D eigenvalue weighted by molar-refractivity contribution is -0.114. The highest BCUT2D eigenvalue weighted by Crippen LogP contribution is 2.25. The van der Waals surface area contributed by atoms with Crippen LogP contribution in [0, 0.1) is 6.92 Å². The zero-order chi connectivity index (χ0) is 21.7. The van der Waals surface area contributed by atoms with Crippen LogP contribution < -0.4 is 9.62 Å². The third-order valence-electron chi connectivity index (χ3n) is 4.68. The van der Waals surface area contributed by atoms with Crippen LogP contribution in [0.3, 0.4) is 0 Å². The minimum Gasteiger partial charge on any atom is -0.324 e. The minimum absolute atomic E-state index is 0.0641. The standard InChI is InChI=1S/C23H23ClN2O3S/c1-3-18-6-4-5-7-22(18)25-23(27)16-26(20-12-8-17(2)9-13-20)30(28,29)21-14-10-19(24)11-15-21/h4-15H,3,16H2,1-2H3,(H,25,27). The fourth-order valence-corrected chi connectivity index (χ4v) is 4.58. The summed E-state index contributed by atoms with van der Waals surface area (Å²) in [5, 5.41) is 3.27. The van der Waals surface area contributed by atoms with Gasteiger partial charge in [0.2, 0.25) is 5.91 Å². The molecule has 0 aromatic heterocycles. The van der Waals surface area contributed by atoms with Crippen molar-refractivity contribution < 1.29 is 13.2 Å². The second-order valence-electron chi connectivity index (χ2n) is 6.86. The van der Waals surface area contributed by atoms with Gasteiger partial charge in [-0.05, 0) is 61.4 Å². The number of carbonyl (C=O) groups is 1. The molecule has 0 bridgehead atoms. The van der Waals surface area contributed by atoms with Gasteiger partial charge in [-0.25, -0.2) is 8.42 Å². The molecule has 7 heteroatoms. The fraction of sp³-hybridized carbons (Fsp3) is 0.174. The van der Waals surface area contributed by atoms with Crippen molar-refractivity contribution >= 4 is 38.9 Å². The van der Waals surface area contributed by atoms with Gasteiger partial charge in [-0.2, -0.15) is 0 Å². The van der Waals surface area contributed by atoms with Crippen LogP contribution in [0.1, 0.15) is 18.1 Å². The van der Waals surface area contributed by atoms with Gasteiger partial charge in [-0.1, -0.05) is 54.4 Å². The Bertz CT molecular complexity index is 1130. The molecule has 5 nitrogen and oxygen atoms in total. The number of aryl methyl sites for hydroxylation is 2. The van der Waals surface area contributed by atoms with Crippen LogP contribution in [0.5, 0.6) is 0 Å². The van der Waals surface area contributed by atoms with Gasteiger partial charge in [0.15, 0.2) is 0 Å². The monoisotopic (exact) mass is 442 g/mol. The average Bonchev–Trinajstić information content (AvgIpc) is 2.73. The fourth-order valence-electron chi connectivity index (χ4n) is 3.03. The summed E-state index contributed by atoms with van der Waals surface area (Å²) in [5.74, 6) is -0.422. The summed E-state index contributed by atoms with van der Waals surface area (Å²) in [6.45, 7) is 3.55. The first-order chi connectivity index (χ1) is 14.3. The van der Waals surface area contributed by atoms with Gasteiger partial charge in [-0.15, -0.1) is 0 Å². The molecule has 0 spiro atoms. The zero-order valence-electron chi connectivity index (χ0n) is 16.8. The highest BCUT2D eigenvalue weighted by atomic mass is 35.5. The maximum atomic E-state index is 13.3. The molecule has 0 atom stereocenters. The van der Waals surface area contributed by atoms with E-state index in [0.29, 0.717) is 16.4 Å². The molecule has 156 valence electrons. The van der Waals surface area contributed by atoms with Gasteiger partial charge in [-0.3, -0.25) is 9.10 Å². The summed E-state index contributed by atoms with van der Waals surface area (Å²) >= 11 is 5.91. The minimum atomic E-state index is -3.97. The van der Waals surface area contributed by atoms with Gasteiger partial charge >= 0.3 is 0 Å². The van der Waals surface area contributed by atoms with Crippen LogP contribution in [-0.2, 0) is 21.2 Å². The number of sulfonamides is 1. The summed E-state index contributed by atoms with van der Waals surface area (Å²) in [6, 6.07) is 20.4. The molecule has 1 amide bonds. The molecule has 0 aliphatic heterocycles. The highest BCUT2D eigenvalue weighted by Gasteiger charge is 2.27. The molecule has 0 radical (unpaired) electrons. The average molecular weight is 443 g/mol. The summed E-state index contributed by atoms with van der Waals surface area (Å²) in [7, 11) is -3.97. The van der Waals surface area contributed by atoms with E-state index in [1.807, 2.05) is 44.2 Å². The molecule has 0 aliphatic rings. The molecule has 3 aromatic rings. The third kappa shape index (κ3) is 5.01. The molecule has 0 unspecified atom stereocenters. The van der Waals surface area contributed by atoms with Crippen molar-refractivity contribution in [2.75, 3.05) is 16.2 Å². The number of anilines is 2. The number of nitrogens with zero attached hydrogens (tertiary/aromatic N) is 1. The molecule has 3 rings (SSSR count). The second-order valence-corrected chi connectivity index (χ2v) is 9.16. The molecule has 1 N–H and O–H groups in total. The Labute approximate surface area is 182 Å². The first-order valence-electron chi connectivity index (χ1n) is 9.54. The number of nitrogens with one attached hydrogen (secondary N) is 1. The van der Waals surface area contributed by atoms with Crippen molar-refractivity contribution in [3.05, 3.63) is 88.9 Å². The number of carbonyl (C=O) groups excluding carboxylic acids is 1.